The molecule has 0 saturated heterocycles. The summed E-state index contributed by atoms with van der Waals surface area (Å²) in [5.74, 6) is 0. The van der Waals surface area contributed by atoms with Gasteiger partial charge in [0.25, 0.3) is 0 Å². The largest absolute Gasteiger partial charge is 0.499 e. The van der Waals surface area contributed by atoms with Gasteiger partial charge in [-0.15, -0.1) is 8.42 Å². The van der Waals surface area contributed by atoms with Gasteiger partial charge >= 0.3 is 10.4 Å². The maximum Gasteiger partial charge on any atom is 0.499 e. The van der Waals surface area contributed by atoms with Crippen molar-refractivity contribution in [2.45, 2.75) is 0 Å². The van der Waals surface area contributed by atoms with Crippen molar-refractivity contribution in [2.75, 3.05) is 0 Å². The van der Waals surface area contributed by atoms with Crippen molar-refractivity contribution in [3.05, 3.63) is 25.7 Å². The summed E-state index contributed by atoms with van der Waals surface area (Å²) >= 11 is 0. The molecule has 0 atom stereocenters. The van der Waals surface area contributed by atoms with Crippen LogP contribution in [0.3, 0.4) is 0 Å². The van der Waals surface area contributed by atoms with E-state index in [-0.39, 0.29) is 0 Å². The Morgan fingerprint density at radius 1 is 1.11 bits per heavy atom. The minimum absolute atomic E-state index is 0.749. The fourth-order valence-electron chi connectivity index (χ4n) is 0.189. The molecule has 0 bridgehead atoms. The van der Waals surface area contributed by atoms with Gasteiger partial charge in [-0.1, -0.05) is 13.2 Å². The molecule has 5 heteroatoms. The molecule has 0 rings (SSSR count). The Labute approximate surface area is 53.7 Å². The van der Waals surface area contributed by atoms with Gasteiger partial charge < -0.3 is 8.37 Å². The fourth-order valence-corrected chi connectivity index (χ4v) is 0.568. The first-order chi connectivity index (χ1) is 4.12. The Kier molecular flexibility index (Phi) is 2.80. The van der Waals surface area contributed by atoms with Crippen LogP contribution in [0, 0.1) is 0 Å². The van der Waals surface area contributed by atoms with E-state index in [2.05, 4.69) is 21.5 Å². The van der Waals surface area contributed by atoms with E-state index in [0.717, 1.165) is 12.5 Å². The van der Waals surface area contributed by atoms with Crippen molar-refractivity contribution < 1.29 is 16.8 Å². The van der Waals surface area contributed by atoms with Crippen LogP contribution in [-0.4, -0.2) is 8.42 Å². The third-order valence-corrected chi connectivity index (χ3v) is 1.12. The summed E-state index contributed by atoms with van der Waals surface area (Å²) in [7, 11) is -3.92. The Morgan fingerprint density at radius 2 is 1.44 bits per heavy atom. The van der Waals surface area contributed by atoms with Crippen LogP contribution >= 0.6 is 0 Å². The molecule has 4 nitrogen and oxygen atoms in total. The molecule has 0 aromatic carbocycles. The Hall–Kier alpha value is -0.970. The van der Waals surface area contributed by atoms with Crippen LogP contribution in [0.5, 0.6) is 0 Å². The van der Waals surface area contributed by atoms with Crippen LogP contribution in [0.15, 0.2) is 25.7 Å². The van der Waals surface area contributed by atoms with Crippen LogP contribution in [0.4, 0.5) is 0 Å². The predicted octanol–water partition coefficient (Wildman–Crippen LogP) is 0.551. The zero-order valence-corrected chi connectivity index (χ0v) is 5.43. The van der Waals surface area contributed by atoms with Gasteiger partial charge in [-0.05, 0) is 0 Å². The van der Waals surface area contributed by atoms with Gasteiger partial charge in [0, 0.05) is 0 Å². The maximum atomic E-state index is 10.2. The quantitative estimate of drug-likeness (QED) is 0.549. The summed E-state index contributed by atoms with van der Waals surface area (Å²) in [5, 5.41) is 0. The molecule has 0 aromatic heterocycles. The lowest BCUT2D eigenvalue weighted by atomic mass is 11.2. The van der Waals surface area contributed by atoms with Crippen LogP contribution in [0.2, 0.25) is 0 Å². The van der Waals surface area contributed by atoms with Crippen molar-refractivity contribution >= 4 is 10.4 Å². The average molecular weight is 150 g/mol. The van der Waals surface area contributed by atoms with E-state index in [4.69, 9.17) is 0 Å². The molecule has 0 saturated carbocycles. The van der Waals surface area contributed by atoms with Crippen molar-refractivity contribution in [1.82, 2.24) is 0 Å². The van der Waals surface area contributed by atoms with Gasteiger partial charge in [0.05, 0.1) is 0 Å². The topological polar surface area (TPSA) is 52.6 Å². The van der Waals surface area contributed by atoms with Gasteiger partial charge in [0.1, 0.15) is 12.5 Å². The molecule has 0 amide bonds. The second-order valence-electron chi connectivity index (χ2n) is 0.934. The first kappa shape index (κ1) is 8.03. The summed E-state index contributed by atoms with van der Waals surface area (Å²) < 4.78 is 28.3. The molecule has 0 spiro atoms. The van der Waals surface area contributed by atoms with Crippen LogP contribution < -0.4 is 0 Å². The van der Waals surface area contributed by atoms with E-state index < -0.39 is 10.4 Å². The van der Waals surface area contributed by atoms with Crippen molar-refractivity contribution in [2.24, 2.45) is 0 Å². The highest BCUT2D eigenvalue weighted by molar-refractivity contribution is 7.82. The highest BCUT2D eigenvalue weighted by Crippen LogP contribution is 1.94. The molecule has 0 radical (unpaired) electrons. The van der Waals surface area contributed by atoms with Gasteiger partial charge in [0.15, 0.2) is 0 Å². The van der Waals surface area contributed by atoms with Crippen LogP contribution in [0.25, 0.3) is 0 Å². The standard InChI is InChI=1S/C4H6O4S/c1-3-7-9(5,6)8-4-2/h3-4H,1-2H2. The van der Waals surface area contributed by atoms with E-state index >= 15 is 0 Å². The summed E-state index contributed by atoms with van der Waals surface area (Å²) in [5.41, 5.74) is 0. The molecule has 0 fully saturated rings. The first-order valence-corrected chi connectivity index (χ1v) is 3.29. The van der Waals surface area contributed by atoms with Gasteiger partial charge in [-0.25, -0.2) is 0 Å². The number of hydrogen-bond acceptors (Lipinski definition) is 4. The molecular formula is C4H6O4S. The molecule has 0 unspecified atom stereocenters. The maximum absolute atomic E-state index is 10.2. The zero-order chi connectivity index (χ0) is 7.33. The summed E-state index contributed by atoms with van der Waals surface area (Å²) in [6.45, 7) is 6.02. The van der Waals surface area contributed by atoms with Crippen molar-refractivity contribution in [1.29, 1.82) is 0 Å². The highest BCUT2D eigenvalue weighted by atomic mass is 32.3. The molecule has 9 heavy (non-hydrogen) atoms. The lowest BCUT2D eigenvalue weighted by Gasteiger charge is -1.96. The summed E-state index contributed by atoms with van der Waals surface area (Å²) in [6.07, 6.45) is 1.50. The minimum atomic E-state index is -3.92. The van der Waals surface area contributed by atoms with Crippen molar-refractivity contribution in [3.63, 3.8) is 0 Å². The van der Waals surface area contributed by atoms with E-state index in [9.17, 15) is 8.42 Å². The Bertz CT molecular complexity index is 175. The SMILES string of the molecule is C=COS(=O)(=O)OC=C. The first-order valence-electron chi connectivity index (χ1n) is 1.95. The Balaban J connectivity index is 4.03. The molecule has 0 aromatic rings. The molecule has 0 N–H and O–H groups in total. The summed E-state index contributed by atoms with van der Waals surface area (Å²) in [6, 6.07) is 0. The number of rotatable bonds is 4. The molecular weight excluding hydrogens is 144 g/mol. The van der Waals surface area contributed by atoms with Gasteiger partial charge in [-0.3, -0.25) is 0 Å². The second-order valence-corrected chi connectivity index (χ2v) is 2.14. The van der Waals surface area contributed by atoms with Crippen LogP contribution in [0.1, 0.15) is 0 Å². The molecule has 0 aliphatic heterocycles. The molecule has 0 aliphatic rings. The predicted molar refractivity (Wildman–Crippen MR) is 31.5 cm³/mol. The van der Waals surface area contributed by atoms with Gasteiger partial charge in [0.2, 0.25) is 0 Å². The van der Waals surface area contributed by atoms with Crippen molar-refractivity contribution in [3.8, 4) is 0 Å². The van der Waals surface area contributed by atoms with E-state index in [1.807, 2.05) is 0 Å². The second kappa shape index (κ2) is 3.13. The lowest BCUT2D eigenvalue weighted by molar-refractivity contribution is 0.337. The molecule has 0 heterocycles. The molecule has 0 aliphatic carbocycles. The molecule has 52 valence electrons. The fraction of sp³-hybridized carbons (Fsp3) is 0. The Morgan fingerprint density at radius 3 is 1.67 bits per heavy atom. The van der Waals surface area contributed by atoms with Gasteiger partial charge in [-0.2, -0.15) is 0 Å². The highest BCUT2D eigenvalue weighted by Gasteiger charge is 2.05. The monoisotopic (exact) mass is 150 g/mol. The van der Waals surface area contributed by atoms with E-state index in [1.165, 1.54) is 0 Å². The number of hydrogen-bond donors (Lipinski definition) is 0. The van der Waals surface area contributed by atoms with E-state index in [0.29, 0.717) is 0 Å². The summed E-state index contributed by atoms with van der Waals surface area (Å²) in [4.78, 5) is 0. The third kappa shape index (κ3) is 3.60. The normalized spacial score (nSPS) is 9.78. The zero-order valence-electron chi connectivity index (χ0n) is 4.61. The smallest absolute Gasteiger partial charge is 0.361 e. The van der Waals surface area contributed by atoms with E-state index in [1.54, 1.807) is 0 Å². The van der Waals surface area contributed by atoms with Crippen LogP contribution in [-0.2, 0) is 18.8 Å². The third-order valence-electron chi connectivity index (χ3n) is 0.372. The minimum Gasteiger partial charge on any atom is -0.361 e. The average Bonchev–Trinajstić information content (AvgIpc) is 1.64. The lowest BCUT2D eigenvalue weighted by Crippen LogP contribution is -2.01.